The molecule has 80 valence electrons. The van der Waals surface area contributed by atoms with E-state index in [0.29, 0.717) is 0 Å². The minimum absolute atomic E-state index is 0.750. The number of pyridine rings is 1. The molecule has 1 aliphatic carbocycles. The van der Waals surface area contributed by atoms with Gasteiger partial charge in [0.1, 0.15) is 5.65 Å². The van der Waals surface area contributed by atoms with E-state index >= 15 is 0 Å². The predicted octanol–water partition coefficient (Wildman–Crippen LogP) is 3.55. The highest BCUT2D eigenvalue weighted by Crippen LogP contribution is 2.40. The third-order valence-corrected chi connectivity index (χ3v) is 2.77. The zero-order valence-corrected chi connectivity index (χ0v) is 9.70. The van der Waals surface area contributed by atoms with Gasteiger partial charge in [-0.05, 0) is 31.9 Å². The van der Waals surface area contributed by atoms with Crippen molar-refractivity contribution in [2.75, 3.05) is 0 Å². The maximum Gasteiger partial charge on any atom is 0.137 e. The Morgan fingerprint density at radius 3 is 2.60 bits per heavy atom. The molecule has 1 aliphatic rings. The lowest BCUT2D eigenvalue weighted by molar-refractivity contribution is 1.01. The van der Waals surface area contributed by atoms with Gasteiger partial charge in [-0.3, -0.25) is 0 Å². The maximum absolute atomic E-state index is 4.64. The summed E-state index contributed by atoms with van der Waals surface area (Å²) in [6, 6.07) is 6.16. The summed E-state index contributed by atoms with van der Waals surface area (Å²) >= 11 is 0. The number of hydrogen-bond acceptors (Lipinski definition) is 1. The first kappa shape index (κ1) is 10.2. The SMILES string of the molecule is CC.Cc1c(C2CC2)nc2ccccn12. The van der Waals surface area contributed by atoms with Crippen molar-refractivity contribution in [2.45, 2.75) is 39.5 Å². The molecule has 0 atom stereocenters. The molecular weight excluding hydrogens is 184 g/mol. The Kier molecular flexibility index (Phi) is 2.76. The van der Waals surface area contributed by atoms with Crippen molar-refractivity contribution in [3.8, 4) is 0 Å². The van der Waals surface area contributed by atoms with Crippen LogP contribution < -0.4 is 0 Å². The van der Waals surface area contributed by atoms with E-state index in [1.807, 2.05) is 19.9 Å². The molecule has 0 unspecified atom stereocenters. The third-order valence-electron chi connectivity index (χ3n) is 2.77. The Balaban J connectivity index is 0.000000404. The number of aryl methyl sites for hydroxylation is 1. The van der Waals surface area contributed by atoms with Gasteiger partial charge >= 0.3 is 0 Å². The third kappa shape index (κ3) is 1.76. The van der Waals surface area contributed by atoms with Crippen molar-refractivity contribution in [1.82, 2.24) is 9.38 Å². The lowest BCUT2D eigenvalue weighted by Crippen LogP contribution is -1.86. The molecule has 1 fully saturated rings. The van der Waals surface area contributed by atoms with Gasteiger partial charge in [-0.15, -0.1) is 0 Å². The fraction of sp³-hybridized carbons (Fsp3) is 0.462. The largest absolute Gasteiger partial charge is 0.304 e. The van der Waals surface area contributed by atoms with E-state index in [4.69, 9.17) is 0 Å². The fourth-order valence-electron chi connectivity index (χ4n) is 1.88. The summed E-state index contributed by atoms with van der Waals surface area (Å²) in [5.74, 6) is 0.750. The van der Waals surface area contributed by atoms with Gasteiger partial charge in [0.05, 0.1) is 5.69 Å². The molecule has 0 radical (unpaired) electrons. The normalized spacial score (nSPS) is 14.9. The Morgan fingerprint density at radius 2 is 2.00 bits per heavy atom. The second kappa shape index (κ2) is 4.05. The number of aromatic nitrogens is 2. The van der Waals surface area contributed by atoms with Crippen LogP contribution in [-0.4, -0.2) is 9.38 Å². The van der Waals surface area contributed by atoms with Crippen LogP contribution in [0.2, 0.25) is 0 Å². The van der Waals surface area contributed by atoms with Gasteiger partial charge in [-0.1, -0.05) is 19.9 Å². The quantitative estimate of drug-likeness (QED) is 0.691. The smallest absolute Gasteiger partial charge is 0.137 e. The van der Waals surface area contributed by atoms with Crippen molar-refractivity contribution < 1.29 is 0 Å². The Labute approximate surface area is 91.0 Å². The van der Waals surface area contributed by atoms with Crippen molar-refractivity contribution in [3.63, 3.8) is 0 Å². The van der Waals surface area contributed by atoms with Gasteiger partial charge in [0.15, 0.2) is 0 Å². The van der Waals surface area contributed by atoms with E-state index in [0.717, 1.165) is 11.6 Å². The van der Waals surface area contributed by atoms with Crippen molar-refractivity contribution >= 4 is 5.65 Å². The summed E-state index contributed by atoms with van der Waals surface area (Å²) < 4.78 is 2.17. The van der Waals surface area contributed by atoms with Crippen LogP contribution in [0, 0.1) is 6.92 Å². The minimum atomic E-state index is 0.750. The van der Waals surface area contributed by atoms with Gasteiger partial charge in [0.2, 0.25) is 0 Å². The van der Waals surface area contributed by atoms with Crippen molar-refractivity contribution in [1.29, 1.82) is 0 Å². The first-order valence-electron chi connectivity index (χ1n) is 5.80. The molecule has 0 spiro atoms. The van der Waals surface area contributed by atoms with Crippen molar-refractivity contribution in [2.24, 2.45) is 0 Å². The number of imidazole rings is 1. The average Bonchev–Trinajstić information content (AvgIpc) is 3.08. The lowest BCUT2D eigenvalue weighted by atomic mass is 10.2. The zero-order valence-electron chi connectivity index (χ0n) is 9.70. The number of rotatable bonds is 1. The molecule has 0 bridgehead atoms. The Morgan fingerprint density at radius 1 is 1.27 bits per heavy atom. The van der Waals surface area contributed by atoms with E-state index in [9.17, 15) is 0 Å². The molecule has 2 aromatic heterocycles. The summed E-state index contributed by atoms with van der Waals surface area (Å²) in [6.07, 6.45) is 4.74. The molecule has 2 heteroatoms. The van der Waals surface area contributed by atoms with E-state index in [-0.39, 0.29) is 0 Å². The number of nitrogens with zero attached hydrogens (tertiary/aromatic N) is 2. The zero-order chi connectivity index (χ0) is 10.8. The molecule has 3 rings (SSSR count). The maximum atomic E-state index is 4.64. The monoisotopic (exact) mass is 202 g/mol. The van der Waals surface area contributed by atoms with E-state index in [1.165, 1.54) is 24.2 Å². The van der Waals surface area contributed by atoms with Crippen LogP contribution in [0.25, 0.3) is 5.65 Å². The summed E-state index contributed by atoms with van der Waals surface area (Å²) in [5, 5.41) is 0. The number of hydrogen-bond donors (Lipinski definition) is 0. The lowest BCUT2D eigenvalue weighted by Gasteiger charge is -1.94. The summed E-state index contributed by atoms with van der Waals surface area (Å²) in [4.78, 5) is 4.64. The average molecular weight is 202 g/mol. The molecule has 0 aliphatic heterocycles. The Hall–Kier alpha value is -1.31. The molecule has 0 saturated heterocycles. The molecule has 2 aromatic rings. The van der Waals surface area contributed by atoms with Crippen molar-refractivity contribution in [3.05, 3.63) is 35.8 Å². The fourth-order valence-corrected chi connectivity index (χ4v) is 1.88. The molecule has 0 amide bonds. The molecule has 2 heterocycles. The van der Waals surface area contributed by atoms with Gasteiger partial charge in [-0.2, -0.15) is 0 Å². The highest BCUT2D eigenvalue weighted by molar-refractivity contribution is 5.44. The van der Waals surface area contributed by atoms with E-state index in [2.05, 4.69) is 34.6 Å². The highest BCUT2D eigenvalue weighted by atomic mass is 15.0. The summed E-state index contributed by atoms with van der Waals surface area (Å²) in [7, 11) is 0. The highest BCUT2D eigenvalue weighted by Gasteiger charge is 2.28. The first-order valence-corrected chi connectivity index (χ1v) is 5.80. The van der Waals surface area contributed by atoms with Crippen LogP contribution in [0.3, 0.4) is 0 Å². The first-order chi connectivity index (χ1) is 7.36. The topological polar surface area (TPSA) is 17.3 Å². The molecule has 15 heavy (non-hydrogen) atoms. The van der Waals surface area contributed by atoms with E-state index in [1.54, 1.807) is 0 Å². The molecule has 1 saturated carbocycles. The molecule has 0 aromatic carbocycles. The van der Waals surface area contributed by atoms with Crippen LogP contribution in [0.4, 0.5) is 0 Å². The van der Waals surface area contributed by atoms with Gasteiger partial charge in [-0.25, -0.2) is 4.98 Å². The summed E-state index contributed by atoms with van der Waals surface area (Å²) in [5.41, 5.74) is 3.71. The molecule has 2 nitrogen and oxygen atoms in total. The van der Waals surface area contributed by atoms with E-state index < -0.39 is 0 Å². The van der Waals surface area contributed by atoms with Crippen LogP contribution in [-0.2, 0) is 0 Å². The standard InChI is InChI=1S/C11H12N2.C2H6/c1-8-11(9-5-6-9)12-10-4-2-3-7-13(8)10;1-2/h2-4,7,9H,5-6H2,1H3;1-2H3. The second-order valence-electron chi connectivity index (χ2n) is 3.79. The van der Waals surface area contributed by atoms with Gasteiger partial charge in [0.25, 0.3) is 0 Å². The van der Waals surface area contributed by atoms with Crippen LogP contribution in [0.1, 0.15) is 44.0 Å². The van der Waals surface area contributed by atoms with Crippen LogP contribution >= 0.6 is 0 Å². The van der Waals surface area contributed by atoms with Gasteiger partial charge in [0, 0.05) is 17.8 Å². The number of fused-ring (bicyclic) bond motifs is 1. The van der Waals surface area contributed by atoms with Crippen LogP contribution in [0.15, 0.2) is 24.4 Å². The van der Waals surface area contributed by atoms with Gasteiger partial charge < -0.3 is 4.40 Å². The minimum Gasteiger partial charge on any atom is -0.304 e. The predicted molar refractivity (Wildman–Crippen MR) is 63.3 cm³/mol. The van der Waals surface area contributed by atoms with Crippen LogP contribution in [0.5, 0.6) is 0 Å². The molecule has 0 N–H and O–H groups in total. The Bertz CT molecular complexity index is 453. The second-order valence-corrected chi connectivity index (χ2v) is 3.79. The molecular formula is C13H18N2. The summed E-state index contributed by atoms with van der Waals surface area (Å²) in [6.45, 7) is 6.16.